The lowest BCUT2D eigenvalue weighted by Gasteiger charge is -2.47. The fourth-order valence-electron chi connectivity index (χ4n) is 3.55. The van der Waals surface area contributed by atoms with Crippen molar-refractivity contribution in [1.29, 1.82) is 0 Å². The SMILES string of the molecule is CC12C=CCC3CC1CC32. The summed E-state index contributed by atoms with van der Waals surface area (Å²) < 4.78 is 0. The molecule has 0 N–H and O–H groups in total. The molecule has 0 saturated heterocycles. The molecule has 4 atom stereocenters. The number of hydrogen-bond donors (Lipinski definition) is 0. The van der Waals surface area contributed by atoms with Crippen LogP contribution in [0.2, 0.25) is 0 Å². The van der Waals surface area contributed by atoms with E-state index < -0.39 is 0 Å². The smallest absolute Gasteiger partial charge is 0.00870 e. The fraction of sp³-hybridized carbons (Fsp3) is 0.800. The van der Waals surface area contributed by atoms with Crippen molar-refractivity contribution < 1.29 is 0 Å². The highest BCUT2D eigenvalue weighted by molar-refractivity contribution is 5.21. The zero-order valence-electron chi connectivity index (χ0n) is 6.51. The van der Waals surface area contributed by atoms with Crippen molar-refractivity contribution in [3.8, 4) is 0 Å². The molecule has 4 rings (SSSR count). The van der Waals surface area contributed by atoms with E-state index >= 15 is 0 Å². The summed E-state index contributed by atoms with van der Waals surface area (Å²) >= 11 is 0. The largest absolute Gasteiger partial charge is 0.0877 e. The van der Waals surface area contributed by atoms with Gasteiger partial charge in [-0.05, 0) is 42.4 Å². The Bertz CT molecular complexity index is 204. The van der Waals surface area contributed by atoms with Gasteiger partial charge in [0.15, 0.2) is 0 Å². The standard InChI is InChI=1S/C10H14/c1-10-4-2-3-7-5-8(10)6-9(7)10/h2,4,7-9H,3,5-6H2,1H3. The number of hydrogen-bond acceptors (Lipinski definition) is 0. The van der Waals surface area contributed by atoms with Gasteiger partial charge in [0.05, 0.1) is 0 Å². The molecule has 3 fully saturated rings. The number of allylic oxidation sites excluding steroid dienone is 2. The molecular formula is C10H14. The monoisotopic (exact) mass is 134 g/mol. The summed E-state index contributed by atoms with van der Waals surface area (Å²) in [5, 5.41) is 0. The molecule has 10 heavy (non-hydrogen) atoms. The Morgan fingerprint density at radius 1 is 1.40 bits per heavy atom. The van der Waals surface area contributed by atoms with Crippen molar-refractivity contribution in [3.05, 3.63) is 12.2 Å². The topological polar surface area (TPSA) is 0 Å². The highest BCUT2D eigenvalue weighted by Crippen LogP contribution is 2.68. The molecule has 4 bridgehead atoms. The van der Waals surface area contributed by atoms with E-state index in [1.165, 1.54) is 12.8 Å². The first kappa shape index (κ1) is 5.40. The van der Waals surface area contributed by atoms with Gasteiger partial charge in [0.2, 0.25) is 0 Å². The Morgan fingerprint density at radius 3 is 3.00 bits per heavy atom. The minimum Gasteiger partial charge on any atom is -0.0877 e. The molecule has 4 aliphatic carbocycles. The van der Waals surface area contributed by atoms with Gasteiger partial charge in [-0.1, -0.05) is 19.1 Å². The van der Waals surface area contributed by atoms with Crippen molar-refractivity contribution in [2.45, 2.75) is 26.2 Å². The normalized spacial score (nSPS) is 62.3. The summed E-state index contributed by atoms with van der Waals surface area (Å²) in [5.41, 5.74) is 0.670. The maximum atomic E-state index is 2.50. The van der Waals surface area contributed by atoms with E-state index in [0.717, 1.165) is 17.8 Å². The molecule has 0 nitrogen and oxygen atoms in total. The van der Waals surface area contributed by atoms with E-state index in [1.807, 2.05) is 0 Å². The second-order valence-electron chi connectivity index (χ2n) is 4.54. The molecule has 3 saturated carbocycles. The first-order valence-electron chi connectivity index (χ1n) is 4.48. The second-order valence-corrected chi connectivity index (χ2v) is 4.54. The number of rotatable bonds is 0. The summed E-state index contributed by atoms with van der Waals surface area (Å²) in [6, 6.07) is 0. The second kappa shape index (κ2) is 1.34. The van der Waals surface area contributed by atoms with Crippen LogP contribution in [0.4, 0.5) is 0 Å². The van der Waals surface area contributed by atoms with Crippen LogP contribution >= 0.6 is 0 Å². The van der Waals surface area contributed by atoms with Gasteiger partial charge in [-0.2, -0.15) is 0 Å². The Morgan fingerprint density at radius 2 is 2.30 bits per heavy atom. The Balaban J connectivity index is 2.11. The van der Waals surface area contributed by atoms with E-state index in [2.05, 4.69) is 19.1 Å². The molecule has 0 amide bonds. The molecule has 0 aromatic carbocycles. The van der Waals surface area contributed by atoms with Crippen LogP contribution in [0.1, 0.15) is 26.2 Å². The Labute approximate surface area is 62.3 Å². The average Bonchev–Trinajstić information content (AvgIpc) is 2.38. The maximum absolute atomic E-state index is 2.50. The zero-order valence-corrected chi connectivity index (χ0v) is 6.51. The lowest BCUT2D eigenvalue weighted by atomic mass is 9.57. The molecule has 0 aliphatic heterocycles. The van der Waals surface area contributed by atoms with Crippen LogP contribution in [0, 0.1) is 23.2 Å². The summed E-state index contributed by atoms with van der Waals surface area (Å²) in [6.07, 6.45) is 9.38. The van der Waals surface area contributed by atoms with E-state index in [1.54, 1.807) is 6.42 Å². The van der Waals surface area contributed by atoms with Crippen molar-refractivity contribution in [2.24, 2.45) is 23.2 Å². The highest BCUT2D eigenvalue weighted by Gasteiger charge is 2.60. The molecule has 4 aliphatic rings. The van der Waals surface area contributed by atoms with Crippen molar-refractivity contribution in [2.75, 3.05) is 0 Å². The van der Waals surface area contributed by atoms with Gasteiger partial charge in [0.25, 0.3) is 0 Å². The van der Waals surface area contributed by atoms with Gasteiger partial charge in [-0.15, -0.1) is 0 Å². The van der Waals surface area contributed by atoms with Crippen LogP contribution in [0.3, 0.4) is 0 Å². The molecule has 0 radical (unpaired) electrons. The molecule has 0 spiro atoms. The van der Waals surface area contributed by atoms with Crippen molar-refractivity contribution in [1.82, 2.24) is 0 Å². The summed E-state index contributed by atoms with van der Waals surface area (Å²) in [5.74, 6) is 3.24. The minimum atomic E-state index is 0.670. The lowest BCUT2D eigenvalue weighted by Crippen LogP contribution is -2.40. The van der Waals surface area contributed by atoms with Crippen LogP contribution in [0.25, 0.3) is 0 Å². The molecule has 4 unspecified atom stereocenters. The van der Waals surface area contributed by atoms with E-state index in [0.29, 0.717) is 5.41 Å². The highest BCUT2D eigenvalue weighted by atomic mass is 14.6. The van der Waals surface area contributed by atoms with Crippen LogP contribution in [-0.4, -0.2) is 0 Å². The summed E-state index contributed by atoms with van der Waals surface area (Å²) in [6.45, 7) is 2.46. The predicted molar refractivity (Wildman–Crippen MR) is 41.6 cm³/mol. The van der Waals surface area contributed by atoms with Gasteiger partial charge in [0, 0.05) is 0 Å². The third-order valence-corrected chi connectivity index (χ3v) is 4.29. The van der Waals surface area contributed by atoms with Gasteiger partial charge in [0.1, 0.15) is 0 Å². The Hall–Kier alpha value is -0.260. The van der Waals surface area contributed by atoms with Crippen LogP contribution < -0.4 is 0 Å². The fourth-order valence-corrected chi connectivity index (χ4v) is 3.55. The third kappa shape index (κ3) is 0.372. The first-order chi connectivity index (χ1) is 4.81. The molecule has 0 heteroatoms. The van der Waals surface area contributed by atoms with Gasteiger partial charge in [-0.3, -0.25) is 0 Å². The molecule has 0 heterocycles. The van der Waals surface area contributed by atoms with Crippen LogP contribution in [0.15, 0.2) is 12.2 Å². The van der Waals surface area contributed by atoms with E-state index in [9.17, 15) is 0 Å². The molecule has 0 aromatic rings. The van der Waals surface area contributed by atoms with Crippen LogP contribution in [0.5, 0.6) is 0 Å². The van der Waals surface area contributed by atoms with E-state index in [4.69, 9.17) is 0 Å². The Kier molecular flexibility index (Phi) is 0.725. The molecule has 54 valence electrons. The lowest BCUT2D eigenvalue weighted by molar-refractivity contribution is 0.0649. The molecule has 0 aromatic heterocycles. The quantitative estimate of drug-likeness (QED) is 0.447. The molecular weight excluding hydrogens is 120 g/mol. The van der Waals surface area contributed by atoms with Gasteiger partial charge < -0.3 is 0 Å². The summed E-state index contributed by atoms with van der Waals surface area (Å²) in [7, 11) is 0. The summed E-state index contributed by atoms with van der Waals surface area (Å²) in [4.78, 5) is 0. The van der Waals surface area contributed by atoms with Gasteiger partial charge in [-0.25, -0.2) is 0 Å². The van der Waals surface area contributed by atoms with Crippen molar-refractivity contribution in [3.63, 3.8) is 0 Å². The average molecular weight is 134 g/mol. The third-order valence-electron chi connectivity index (χ3n) is 4.29. The van der Waals surface area contributed by atoms with Crippen molar-refractivity contribution >= 4 is 0 Å². The van der Waals surface area contributed by atoms with Crippen LogP contribution in [-0.2, 0) is 0 Å². The van der Waals surface area contributed by atoms with E-state index in [-0.39, 0.29) is 0 Å². The first-order valence-corrected chi connectivity index (χ1v) is 4.48. The maximum Gasteiger partial charge on any atom is -0.00870 e. The zero-order chi connectivity index (χ0) is 6.77. The minimum absolute atomic E-state index is 0.670. The van der Waals surface area contributed by atoms with Gasteiger partial charge >= 0.3 is 0 Å². The predicted octanol–water partition coefficient (Wildman–Crippen LogP) is 2.61.